The molecule has 0 saturated heterocycles. The summed E-state index contributed by atoms with van der Waals surface area (Å²) in [5.41, 5.74) is 4.53. The summed E-state index contributed by atoms with van der Waals surface area (Å²) in [6, 6.07) is 1.93. The van der Waals surface area contributed by atoms with E-state index in [4.69, 9.17) is 0 Å². The maximum Gasteiger partial charge on any atom is 0.251 e. The molecule has 2 heterocycles. The van der Waals surface area contributed by atoms with Crippen LogP contribution in [-0.4, -0.2) is 44.1 Å². The van der Waals surface area contributed by atoms with Gasteiger partial charge in [0.1, 0.15) is 0 Å². The second-order valence-corrected chi connectivity index (χ2v) is 6.86. The van der Waals surface area contributed by atoms with E-state index < -0.39 is 0 Å². The predicted molar refractivity (Wildman–Crippen MR) is 94.3 cm³/mol. The lowest BCUT2D eigenvalue weighted by atomic mass is 10.1. The molecule has 0 bridgehead atoms. The molecule has 6 nitrogen and oxygen atoms in total. The van der Waals surface area contributed by atoms with Crippen LogP contribution in [0.25, 0.3) is 5.95 Å². The van der Waals surface area contributed by atoms with Crippen molar-refractivity contribution in [3.05, 3.63) is 34.4 Å². The fourth-order valence-corrected chi connectivity index (χ4v) is 2.86. The average molecular weight is 329 g/mol. The van der Waals surface area contributed by atoms with Crippen molar-refractivity contribution in [2.75, 3.05) is 13.6 Å². The van der Waals surface area contributed by atoms with Gasteiger partial charge in [0.05, 0.1) is 12.1 Å². The van der Waals surface area contributed by atoms with Crippen LogP contribution in [0.1, 0.15) is 42.2 Å². The van der Waals surface area contributed by atoms with E-state index in [1.807, 2.05) is 40.8 Å². The molecule has 1 amide bonds. The van der Waals surface area contributed by atoms with Gasteiger partial charge in [0, 0.05) is 36.2 Å². The highest BCUT2D eigenvalue weighted by Gasteiger charge is 2.19. The lowest BCUT2D eigenvalue weighted by molar-refractivity contribution is -0.129. The second kappa shape index (κ2) is 7.11. The quantitative estimate of drug-likeness (QED) is 0.845. The summed E-state index contributed by atoms with van der Waals surface area (Å²) in [6.07, 6.45) is 0.353. The Labute approximate surface area is 143 Å². The Bertz CT molecular complexity index is 728. The maximum atomic E-state index is 12.5. The Morgan fingerprint density at radius 1 is 1.17 bits per heavy atom. The van der Waals surface area contributed by atoms with E-state index in [1.54, 1.807) is 9.58 Å². The number of aromatic nitrogens is 4. The summed E-state index contributed by atoms with van der Waals surface area (Å²) < 4.78 is 1.74. The van der Waals surface area contributed by atoms with Crippen LogP contribution in [0, 0.1) is 33.6 Å². The van der Waals surface area contributed by atoms with Gasteiger partial charge < -0.3 is 4.90 Å². The Kier molecular flexibility index (Phi) is 5.36. The molecular weight excluding hydrogens is 302 g/mol. The van der Waals surface area contributed by atoms with Crippen molar-refractivity contribution < 1.29 is 4.79 Å². The average Bonchev–Trinajstić information content (AvgIpc) is 2.73. The van der Waals surface area contributed by atoms with Crippen LogP contribution >= 0.6 is 0 Å². The molecule has 0 aliphatic rings. The minimum atomic E-state index is 0.107. The molecule has 0 atom stereocenters. The maximum absolute atomic E-state index is 12.5. The van der Waals surface area contributed by atoms with Crippen LogP contribution in [0.15, 0.2) is 6.07 Å². The minimum absolute atomic E-state index is 0.107. The first-order valence-corrected chi connectivity index (χ1v) is 8.30. The summed E-state index contributed by atoms with van der Waals surface area (Å²) >= 11 is 0. The van der Waals surface area contributed by atoms with Crippen molar-refractivity contribution in [1.82, 2.24) is 24.6 Å². The minimum Gasteiger partial charge on any atom is -0.345 e. The van der Waals surface area contributed by atoms with Gasteiger partial charge in [-0.25, -0.2) is 14.6 Å². The van der Waals surface area contributed by atoms with Gasteiger partial charge in [0.2, 0.25) is 5.91 Å². The molecule has 0 N–H and O–H groups in total. The van der Waals surface area contributed by atoms with Crippen LogP contribution < -0.4 is 0 Å². The molecule has 2 aromatic heterocycles. The molecule has 0 fully saturated rings. The van der Waals surface area contributed by atoms with Gasteiger partial charge in [0.25, 0.3) is 5.95 Å². The van der Waals surface area contributed by atoms with Crippen molar-refractivity contribution in [2.24, 2.45) is 5.92 Å². The predicted octanol–water partition coefficient (Wildman–Crippen LogP) is 2.55. The molecule has 0 aliphatic heterocycles. The largest absolute Gasteiger partial charge is 0.345 e. The Hall–Kier alpha value is -2.24. The first-order chi connectivity index (χ1) is 11.2. The number of carbonyl (C=O) groups excluding carboxylic acids is 1. The molecule has 0 spiro atoms. The number of aryl methyl sites for hydroxylation is 3. The van der Waals surface area contributed by atoms with Crippen molar-refractivity contribution in [2.45, 2.75) is 48.0 Å². The first-order valence-electron chi connectivity index (χ1n) is 8.30. The van der Waals surface area contributed by atoms with Crippen LogP contribution in [-0.2, 0) is 11.2 Å². The molecule has 130 valence electrons. The number of hydrogen-bond acceptors (Lipinski definition) is 4. The van der Waals surface area contributed by atoms with E-state index in [0.717, 1.165) is 34.9 Å². The summed E-state index contributed by atoms with van der Waals surface area (Å²) in [5.74, 6) is 1.12. The molecule has 0 radical (unpaired) electrons. The van der Waals surface area contributed by atoms with Crippen LogP contribution in [0.4, 0.5) is 0 Å². The van der Waals surface area contributed by atoms with E-state index in [1.165, 1.54) is 0 Å². The monoisotopic (exact) mass is 329 g/mol. The Balaban J connectivity index is 2.31. The number of nitrogens with zero attached hydrogens (tertiary/aromatic N) is 5. The topological polar surface area (TPSA) is 63.9 Å². The number of amides is 1. The van der Waals surface area contributed by atoms with Gasteiger partial charge in [-0.3, -0.25) is 4.79 Å². The van der Waals surface area contributed by atoms with E-state index in [0.29, 0.717) is 18.3 Å². The third kappa shape index (κ3) is 3.99. The first kappa shape index (κ1) is 18.1. The summed E-state index contributed by atoms with van der Waals surface area (Å²) in [7, 11) is 1.85. The van der Waals surface area contributed by atoms with Crippen molar-refractivity contribution in [1.29, 1.82) is 0 Å². The zero-order valence-electron chi connectivity index (χ0n) is 15.7. The number of rotatable bonds is 5. The second-order valence-electron chi connectivity index (χ2n) is 6.86. The van der Waals surface area contributed by atoms with E-state index >= 15 is 0 Å². The zero-order valence-corrected chi connectivity index (χ0v) is 15.7. The fourth-order valence-electron chi connectivity index (χ4n) is 2.86. The molecular formula is C18H27N5O. The number of carbonyl (C=O) groups is 1. The smallest absolute Gasteiger partial charge is 0.251 e. The van der Waals surface area contributed by atoms with Gasteiger partial charge in [0.15, 0.2) is 0 Å². The molecule has 0 unspecified atom stereocenters. The number of hydrogen-bond donors (Lipinski definition) is 0. The highest BCUT2D eigenvalue weighted by atomic mass is 16.2. The van der Waals surface area contributed by atoms with Crippen molar-refractivity contribution >= 4 is 5.91 Å². The van der Waals surface area contributed by atoms with Gasteiger partial charge in [-0.1, -0.05) is 13.8 Å². The van der Waals surface area contributed by atoms with Gasteiger partial charge in [-0.05, 0) is 39.7 Å². The molecule has 0 saturated carbocycles. The number of likely N-dealkylation sites (N-methyl/N-ethyl adjacent to an activating group) is 1. The summed E-state index contributed by atoms with van der Waals surface area (Å²) in [4.78, 5) is 23.2. The SMILES string of the molecule is Cc1cc(C)nc(-n2nc(C)c(CC(=O)N(C)CC(C)C)c2C)n1. The third-order valence-corrected chi connectivity index (χ3v) is 3.99. The highest BCUT2D eigenvalue weighted by molar-refractivity contribution is 5.79. The molecule has 2 rings (SSSR count). The van der Waals surface area contributed by atoms with Crippen LogP contribution in [0.5, 0.6) is 0 Å². The molecule has 24 heavy (non-hydrogen) atoms. The zero-order chi connectivity index (χ0) is 18.0. The van der Waals surface area contributed by atoms with Gasteiger partial charge in [-0.2, -0.15) is 5.10 Å². The lowest BCUT2D eigenvalue weighted by Crippen LogP contribution is -2.31. The van der Waals surface area contributed by atoms with Gasteiger partial charge in [-0.15, -0.1) is 0 Å². The molecule has 6 heteroatoms. The van der Waals surface area contributed by atoms with Crippen LogP contribution in [0.3, 0.4) is 0 Å². The normalized spacial score (nSPS) is 11.2. The summed E-state index contributed by atoms with van der Waals surface area (Å²) in [5, 5.41) is 4.56. The Morgan fingerprint density at radius 3 is 2.29 bits per heavy atom. The molecule has 0 aliphatic carbocycles. The van der Waals surface area contributed by atoms with E-state index in [9.17, 15) is 4.79 Å². The Morgan fingerprint density at radius 2 is 1.75 bits per heavy atom. The highest BCUT2D eigenvalue weighted by Crippen LogP contribution is 2.18. The van der Waals surface area contributed by atoms with Crippen molar-refractivity contribution in [3.8, 4) is 5.95 Å². The lowest BCUT2D eigenvalue weighted by Gasteiger charge is -2.19. The van der Waals surface area contributed by atoms with E-state index in [-0.39, 0.29) is 5.91 Å². The van der Waals surface area contributed by atoms with Crippen molar-refractivity contribution in [3.63, 3.8) is 0 Å². The van der Waals surface area contributed by atoms with E-state index in [2.05, 4.69) is 28.9 Å². The summed E-state index contributed by atoms with van der Waals surface area (Å²) in [6.45, 7) is 12.7. The van der Waals surface area contributed by atoms with Crippen LogP contribution in [0.2, 0.25) is 0 Å². The fraction of sp³-hybridized carbons (Fsp3) is 0.556. The third-order valence-electron chi connectivity index (χ3n) is 3.99. The molecule has 2 aromatic rings. The molecule has 0 aromatic carbocycles. The van der Waals surface area contributed by atoms with Gasteiger partial charge >= 0.3 is 0 Å². The standard InChI is InChI=1S/C18H27N5O/c1-11(2)10-22(7)17(24)9-16-14(5)21-23(15(16)6)18-19-12(3)8-13(4)20-18/h8,11H,9-10H2,1-7H3.